The maximum Gasteiger partial charge on any atom is 0.310 e. The maximum absolute atomic E-state index is 13.8. The van der Waals surface area contributed by atoms with Crippen molar-refractivity contribution in [2.24, 2.45) is 68.0 Å². The first-order chi connectivity index (χ1) is 29.8. The topological polar surface area (TPSA) is 235 Å². The van der Waals surface area contributed by atoms with Crippen molar-refractivity contribution in [3.8, 4) is 0 Å². The van der Waals surface area contributed by atoms with Crippen LogP contribution in [0.5, 0.6) is 0 Å². The van der Waals surface area contributed by atoms with Gasteiger partial charge in [0.1, 0.15) is 18.3 Å². The standard InChI is InChI=1S/C49H77N3O11/c1-7-8-9-10-28-20-49(43(60)61)16-15-44(2,24-53)21-32(49)30-11-12-36-46(4,48(28,30)6)14-13-35-45(3,25-54)41(63-42-40(59)39(58)34(55)23-62-42)38(57)31(47(35,36)5)17-27-18-37(56)52-33(27)19-29-22-50-26-51-29/h11,22,26-28,31-36,38-42,53-55,57-59H,7-10,12-21,23-25H2,1-6H3,(H,50,51)(H,52,56)(H,60,61)/t27-,28+,31+,32-,33+,34+,35+,36-,38+,39-,40+,41+,42-,44-,45-,46+,47-,48+,49-/m0/s1. The van der Waals surface area contributed by atoms with Gasteiger partial charge in [-0.05, 0) is 115 Å². The molecule has 14 heteroatoms. The van der Waals surface area contributed by atoms with Crippen molar-refractivity contribution in [2.45, 2.75) is 174 Å². The Kier molecular flexibility index (Phi) is 12.7. The third-order valence-corrected chi connectivity index (χ3v) is 19.8. The van der Waals surface area contributed by atoms with Gasteiger partial charge >= 0.3 is 5.97 Å². The van der Waals surface area contributed by atoms with Gasteiger partial charge in [0.2, 0.25) is 5.91 Å². The number of carboxylic acid groups (broad SMARTS) is 1. The lowest BCUT2D eigenvalue weighted by Crippen LogP contribution is -2.73. The Bertz CT molecular complexity index is 1860. The smallest absolute Gasteiger partial charge is 0.310 e. The number of H-pyrrole nitrogens is 1. The number of allylic oxidation sites excluding steroid dienone is 2. The predicted octanol–water partition coefficient (Wildman–Crippen LogP) is 4.51. The number of hydrogen-bond acceptors (Lipinski definition) is 11. The van der Waals surface area contributed by atoms with Crippen molar-refractivity contribution in [1.82, 2.24) is 15.3 Å². The number of fused-ring (bicyclic) bond motifs is 7. The molecule has 8 rings (SSSR count). The summed E-state index contributed by atoms with van der Waals surface area (Å²) in [5.74, 6) is -1.75. The van der Waals surface area contributed by atoms with Gasteiger partial charge in [-0.1, -0.05) is 72.5 Å². The molecular formula is C49H77N3O11. The Morgan fingerprint density at radius 1 is 0.968 bits per heavy atom. The van der Waals surface area contributed by atoms with E-state index < -0.39 is 70.4 Å². The number of unbranched alkanes of at least 4 members (excludes halogenated alkanes) is 2. The summed E-state index contributed by atoms with van der Waals surface area (Å²) in [5, 5.41) is 82.2. The third kappa shape index (κ3) is 7.20. The zero-order valence-corrected chi connectivity index (χ0v) is 38.5. The number of hydrogen-bond donors (Lipinski definition) is 9. The molecular weight excluding hydrogens is 807 g/mol. The number of carboxylic acids is 1. The van der Waals surface area contributed by atoms with Crippen molar-refractivity contribution in [1.29, 1.82) is 0 Å². The van der Waals surface area contributed by atoms with Crippen LogP contribution in [-0.2, 0) is 25.5 Å². The summed E-state index contributed by atoms with van der Waals surface area (Å²) in [6.45, 7) is 12.8. The first-order valence-corrected chi connectivity index (χ1v) is 24.2. The molecule has 0 aromatic carbocycles. The van der Waals surface area contributed by atoms with E-state index >= 15 is 0 Å². The molecule has 63 heavy (non-hydrogen) atoms. The molecule has 4 saturated carbocycles. The molecule has 3 heterocycles. The van der Waals surface area contributed by atoms with E-state index in [1.807, 2.05) is 6.92 Å². The van der Waals surface area contributed by atoms with Crippen molar-refractivity contribution in [3.05, 3.63) is 29.9 Å². The number of carbonyl (C=O) groups excluding carboxylic acids is 1. The molecule has 19 atom stereocenters. The zero-order valence-electron chi connectivity index (χ0n) is 38.5. The van der Waals surface area contributed by atoms with Crippen LogP contribution in [0.4, 0.5) is 0 Å². The van der Waals surface area contributed by atoms with Gasteiger partial charge in [0, 0.05) is 42.8 Å². The minimum atomic E-state index is -1.59. The third-order valence-electron chi connectivity index (χ3n) is 19.8. The van der Waals surface area contributed by atoms with Gasteiger partial charge in [0.05, 0.1) is 37.2 Å². The second-order valence-electron chi connectivity index (χ2n) is 22.8. The Hall–Kier alpha value is -2.43. The van der Waals surface area contributed by atoms with E-state index in [1.165, 1.54) is 5.57 Å². The van der Waals surface area contributed by atoms with Crippen LogP contribution in [0, 0.1) is 68.0 Å². The monoisotopic (exact) mass is 884 g/mol. The van der Waals surface area contributed by atoms with Crippen LogP contribution >= 0.6 is 0 Å². The molecule has 9 N–H and O–H groups in total. The molecule has 7 aliphatic rings. The molecule has 14 nitrogen and oxygen atoms in total. The van der Waals surface area contributed by atoms with E-state index in [4.69, 9.17) is 9.47 Å². The average molecular weight is 884 g/mol. The summed E-state index contributed by atoms with van der Waals surface area (Å²) in [6.07, 6.45) is 7.63. The van der Waals surface area contributed by atoms with Gasteiger partial charge in [-0.25, -0.2) is 4.98 Å². The number of amides is 1. The van der Waals surface area contributed by atoms with Gasteiger partial charge in [0.15, 0.2) is 6.29 Å². The molecule has 6 fully saturated rings. The van der Waals surface area contributed by atoms with E-state index in [2.05, 4.69) is 56.0 Å². The normalized spacial score (nSPS) is 49.5. The zero-order chi connectivity index (χ0) is 45.5. The Labute approximate surface area is 373 Å². The van der Waals surface area contributed by atoms with Crippen LogP contribution < -0.4 is 5.32 Å². The molecule has 2 saturated heterocycles. The highest BCUT2D eigenvalue weighted by atomic mass is 16.7. The molecule has 5 aliphatic carbocycles. The Balaban J connectivity index is 1.26. The van der Waals surface area contributed by atoms with E-state index in [0.29, 0.717) is 51.4 Å². The van der Waals surface area contributed by atoms with E-state index in [0.717, 1.165) is 37.8 Å². The first-order valence-electron chi connectivity index (χ1n) is 24.2. The van der Waals surface area contributed by atoms with Crippen LogP contribution in [0.1, 0.15) is 131 Å². The summed E-state index contributed by atoms with van der Waals surface area (Å²) in [4.78, 5) is 34.5. The molecule has 1 amide bonds. The summed E-state index contributed by atoms with van der Waals surface area (Å²) in [6, 6.07) is -0.222. The van der Waals surface area contributed by atoms with Crippen molar-refractivity contribution in [2.75, 3.05) is 19.8 Å². The van der Waals surface area contributed by atoms with Gasteiger partial charge < -0.3 is 55.5 Å². The number of carbonyl (C=O) groups is 2. The number of aromatic amines is 1. The highest BCUT2D eigenvalue weighted by molar-refractivity contribution is 5.79. The lowest BCUT2D eigenvalue weighted by molar-refractivity contribution is -0.341. The van der Waals surface area contributed by atoms with Crippen molar-refractivity contribution >= 4 is 11.9 Å². The number of nitrogens with zero attached hydrogens (tertiary/aromatic N) is 1. The molecule has 1 aromatic heterocycles. The number of rotatable bonds is 13. The van der Waals surface area contributed by atoms with Crippen LogP contribution in [0.3, 0.4) is 0 Å². The largest absolute Gasteiger partial charge is 0.481 e. The van der Waals surface area contributed by atoms with Gasteiger partial charge in [-0.15, -0.1) is 0 Å². The SMILES string of the molecule is CCCCC[C@@H]1C[C@@]2(C(=O)O)CC[C@](C)(CO)C[C@H]2C2=CC[C@@H]3[C@@]4(C)[C@H](C[C@H]5CC(=O)N[C@@H]5Cc5cnc[nH]5)[C@@H](O)[C@@H](O[C@@H]5OC[C@@H](O)[C@H](O)[C@H]5O)[C@@](C)(CO)[C@H]4CC[C@@]3(C)[C@@]21C. The summed E-state index contributed by atoms with van der Waals surface area (Å²) < 4.78 is 12.4. The second-order valence-corrected chi connectivity index (χ2v) is 22.8. The number of aliphatic carboxylic acids is 1. The minimum absolute atomic E-state index is 0.00761. The second kappa shape index (κ2) is 17.0. The fraction of sp³-hybridized carbons (Fsp3) is 0.857. The lowest BCUT2D eigenvalue weighted by Gasteiger charge is -2.74. The van der Waals surface area contributed by atoms with Gasteiger partial charge in [-0.3, -0.25) is 9.59 Å². The van der Waals surface area contributed by atoms with Gasteiger partial charge in [0.25, 0.3) is 0 Å². The average Bonchev–Trinajstić information content (AvgIpc) is 3.90. The number of aliphatic hydroxyl groups excluding tert-OH is 6. The molecule has 0 unspecified atom stereocenters. The molecule has 0 bridgehead atoms. The predicted molar refractivity (Wildman–Crippen MR) is 232 cm³/mol. The Morgan fingerprint density at radius 2 is 1.73 bits per heavy atom. The van der Waals surface area contributed by atoms with Crippen LogP contribution in [0.15, 0.2) is 24.2 Å². The molecule has 354 valence electrons. The number of nitrogens with one attached hydrogen (secondary N) is 2. The molecule has 0 radical (unpaired) electrons. The van der Waals surface area contributed by atoms with E-state index in [-0.39, 0.29) is 78.6 Å². The van der Waals surface area contributed by atoms with Crippen LogP contribution in [0.25, 0.3) is 0 Å². The fourth-order valence-corrected chi connectivity index (χ4v) is 16.1. The van der Waals surface area contributed by atoms with Gasteiger partial charge in [-0.2, -0.15) is 0 Å². The maximum atomic E-state index is 13.8. The van der Waals surface area contributed by atoms with Crippen LogP contribution in [0.2, 0.25) is 0 Å². The van der Waals surface area contributed by atoms with Crippen LogP contribution in [-0.4, -0.2) is 120 Å². The number of imidazole rings is 1. The van der Waals surface area contributed by atoms with E-state index in [1.54, 1.807) is 12.5 Å². The van der Waals surface area contributed by atoms with Crippen molar-refractivity contribution in [3.63, 3.8) is 0 Å². The summed E-state index contributed by atoms with van der Waals surface area (Å²) >= 11 is 0. The molecule has 0 spiro atoms. The Morgan fingerprint density at radius 3 is 2.40 bits per heavy atom. The summed E-state index contributed by atoms with van der Waals surface area (Å²) in [7, 11) is 0. The molecule has 2 aliphatic heterocycles. The molecule has 1 aromatic rings. The highest BCUT2D eigenvalue weighted by Gasteiger charge is 2.75. The first kappa shape index (κ1) is 47.1. The number of aromatic nitrogens is 2. The highest BCUT2D eigenvalue weighted by Crippen LogP contribution is 2.78. The fourth-order valence-electron chi connectivity index (χ4n) is 16.1. The number of ether oxygens (including phenoxy) is 2. The van der Waals surface area contributed by atoms with Crippen molar-refractivity contribution < 1.29 is 54.8 Å². The lowest BCUT2D eigenvalue weighted by atomic mass is 9.30. The minimum Gasteiger partial charge on any atom is -0.481 e. The quantitative estimate of drug-likeness (QED) is 0.0757. The van der Waals surface area contributed by atoms with E-state index in [9.17, 15) is 45.3 Å². The number of aliphatic hydroxyl groups is 6. The summed E-state index contributed by atoms with van der Waals surface area (Å²) in [5.41, 5.74) is -1.61.